The summed E-state index contributed by atoms with van der Waals surface area (Å²) >= 11 is 6.38. The Bertz CT molecular complexity index is 1290. The first-order valence-corrected chi connectivity index (χ1v) is 9.80. The van der Waals surface area contributed by atoms with Gasteiger partial charge < -0.3 is 9.47 Å². The molecule has 0 unspecified atom stereocenters. The molecule has 0 saturated heterocycles. The standard InChI is InChI=1S/C24H16ClF3N2O2/c1-31-15-9-13(10-16(12-15)32-2)21-22(17-8-7-14(26)11-20(17)28)24(25)30-29-23(21)18-5-3-4-6-19(18)27/h3-12H,1-2H3. The maximum Gasteiger partial charge on any atom is 0.160 e. The molecule has 0 aliphatic rings. The van der Waals surface area contributed by atoms with Gasteiger partial charge in [-0.2, -0.15) is 0 Å². The first-order valence-electron chi connectivity index (χ1n) is 9.43. The smallest absolute Gasteiger partial charge is 0.160 e. The molecule has 0 radical (unpaired) electrons. The third-order valence-corrected chi connectivity index (χ3v) is 5.17. The number of methoxy groups -OCH3 is 2. The predicted molar refractivity (Wildman–Crippen MR) is 116 cm³/mol. The Kier molecular flexibility index (Phi) is 6.01. The summed E-state index contributed by atoms with van der Waals surface area (Å²) < 4.78 is 53.9. The molecule has 4 aromatic rings. The van der Waals surface area contributed by atoms with Crippen molar-refractivity contribution >= 4 is 11.6 Å². The Morgan fingerprint density at radius 1 is 0.719 bits per heavy atom. The minimum Gasteiger partial charge on any atom is -0.497 e. The van der Waals surface area contributed by atoms with Crippen LogP contribution in [0.15, 0.2) is 60.7 Å². The van der Waals surface area contributed by atoms with Gasteiger partial charge in [0.15, 0.2) is 5.15 Å². The monoisotopic (exact) mass is 456 g/mol. The molecule has 0 atom stereocenters. The highest BCUT2D eigenvalue weighted by Gasteiger charge is 2.24. The second-order valence-corrected chi connectivity index (χ2v) is 7.15. The number of nitrogens with zero attached hydrogens (tertiary/aromatic N) is 2. The summed E-state index contributed by atoms with van der Waals surface area (Å²) in [5.41, 5.74) is 1.14. The Hall–Kier alpha value is -3.58. The molecule has 0 aliphatic carbocycles. The summed E-state index contributed by atoms with van der Waals surface area (Å²) in [7, 11) is 2.96. The van der Waals surface area contributed by atoms with Crippen LogP contribution < -0.4 is 9.47 Å². The van der Waals surface area contributed by atoms with Crippen LogP contribution in [-0.2, 0) is 0 Å². The van der Waals surface area contributed by atoms with Gasteiger partial charge in [0.25, 0.3) is 0 Å². The number of halogens is 4. The van der Waals surface area contributed by atoms with Crippen LogP contribution in [0.1, 0.15) is 0 Å². The number of aromatic nitrogens is 2. The van der Waals surface area contributed by atoms with Crippen molar-refractivity contribution in [2.45, 2.75) is 0 Å². The highest BCUT2D eigenvalue weighted by atomic mass is 35.5. The Morgan fingerprint density at radius 2 is 1.41 bits per heavy atom. The van der Waals surface area contributed by atoms with Crippen molar-refractivity contribution in [3.63, 3.8) is 0 Å². The Labute approximate surface area is 187 Å². The molecule has 0 fully saturated rings. The van der Waals surface area contributed by atoms with Gasteiger partial charge in [-0.05, 0) is 42.0 Å². The van der Waals surface area contributed by atoms with Crippen LogP contribution in [-0.4, -0.2) is 24.4 Å². The molecule has 4 rings (SSSR count). The zero-order valence-corrected chi connectivity index (χ0v) is 17.8. The molecular formula is C24H16ClF3N2O2. The zero-order chi connectivity index (χ0) is 22.8. The molecule has 0 N–H and O–H groups in total. The van der Waals surface area contributed by atoms with Crippen LogP contribution >= 0.6 is 11.6 Å². The van der Waals surface area contributed by atoms with Crippen LogP contribution in [0.5, 0.6) is 11.5 Å². The largest absolute Gasteiger partial charge is 0.497 e. The molecule has 4 nitrogen and oxygen atoms in total. The molecule has 0 bridgehead atoms. The molecule has 0 spiro atoms. The van der Waals surface area contributed by atoms with Crippen LogP contribution in [0.2, 0.25) is 5.15 Å². The summed E-state index contributed by atoms with van der Waals surface area (Å²) in [6.45, 7) is 0. The van der Waals surface area contributed by atoms with Crippen molar-refractivity contribution in [2.24, 2.45) is 0 Å². The van der Waals surface area contributed by atoms with Crippen LogP contribution in [0.25, 0.3) is 33.5 Å². The summed E-state index contributed by atoms with van der Waals surface area (Å²) in [5, 5.41) is 7.93. The molecule has 3 aromatic carbocycles. The van der Waals surface area contributed by atoms with Crippen LogP contribution in [0.4, 0.5) is 13.2 Å². The predicted octanol–water partition coefficient (Wildman–Crippen LogP) is 6.57. The highest BCUT2D eigenvalue weighted by Crippen LogP contribution is 2.44. The molecule has 0 saturated carbocycles. The van der Waals surface area contributed by atoms with Gasteiger partial charge in [0.05, 0.1) is 14.2 Å². The quantitative estimate of drug-likeness (QED) is 0.341. The number of rotatable bonds is 5. The van der Waals surface area contributed by atoms with E-state index in [-0.39, 0.29) is 33.1 Å². The number of hydrogen-bond donors (Lipinski definition) is 0. The van der Waals surface area contributed by atoms with E-state index in [4.69, 9.17) is 21.1 Å². The second-order valence-electron chi connectivity index (χ2n) is 6.79. The fourth-order valence-electron chi connectivity index (χ4n) is 3.43. The minimum atomic E-state index is -0.851. The van der Waals surface area contributed by atoms with Gasteiger partial charge in [-0.1, -0.05) is 23.7 Å². The molecule has 162 valence electrons. The van der Waals surface area contributed by atoms with Gasteiger partial charge in [-0.3, -0.25) is 0 Å². The van der Waals surface area contributed by atoms with Crippen molar-refractivity contribution in [2.75, 3.05) is 14.2 Å². The number of benzene rings is 3. The summed E-state index contributed by atoms with van der Waals surface area (Å²) in [4.78, 5) is 0. The molecule has 0 aliphatic heterocycles. The van der Waals surface area contributed by atoms with Crippen LogP contribution in [0.3, 0.4) is 0 Å². The number of ether oxygens (including phenoxy) is 2. The van der Waals surface area contributed by atoms with Gasteiger partial charge in [-0.25, -0.2) is 13.2 Å². The normalized spacial score (nSPS) is 10.8. The van der Waals surface area contributed by atoms with Gasteiger partial charge in [0.2, 0.25) is 0 Å². The highest BCUT2D eigenvalue weighted by molar-refractivity contribution is 6.33. The average Bonchev–Trinajstić information content (AvgIpc) is 2.79. The van der Waals surface area contributed by atoms with E-state index in [0.717, 1.165) is 12.1 Å². The third-order valence-electron chi connectivity index (χ3n) is 4.90. The maximum atomic E-state index is 14.8. The lowest BCUT2D eigenvalue weighted by Crippen LogP contribution is -2.01. The van der Waals surface area contributed by atoms with Gasteiger partial charge >= 0.3 is 0 Å². The van der Waals surface area contributed by atoms with Gasteiger partial charge in [0, 0.05) is 34.4 Å². The topological polar surface area (TPSA) is 44.2 Å². The van der Waals surface area contributed by atoms with Crippen molar-refractivity contribution in [3.8, 4) is 45.0 Å². The van der Waals surface area contributed by atoms with E-state index in [0.29, 0.717) is 17.1 Å². The molecule has 1 heterocycles. The zero-order valence-electron chi connectivity index (χ0n) is 17.0. The molecule has 1 aromatic heterocycles. The van der Waals surface area contributed by atoms with Gasteiger partial charge in [0.1, 0.15) is 34.6 Å². The van der Waals surface area contributed by atoms with Crippen molar-refractivity contribution in [1.82, 2.24) is 10.2 Å². The Balaban J connectivity index is 2.14. The lowest BCUT2D eigenvalue weighted by Gasteiger charge is -2.18. The maximum absolute atomic E-state index is 14.8. The van der Waals surface area contributed by atoms with E-state index in [1.165, 1.54) is 38.5 Å². The van der Waals surface area contributed by atoms with Crippen molar-refractivity contribution in [1.29, 1.82) is 0 Å². The second kappa shape index (κ2) is 8.88. The summed E-state index contributed by atoms with van der Waals surface area (Å²) in [5.74, 6) is -1.26. The molecule has 32 heavy (non-hydrogen) atoms. The fraction of sp³-hybridized carbons (Fsp3) is 0.0833. The molecule has 8 heteroatoms. The van der Waals surface area contributed by atoms with Crippen molar-refractivity contribution in [3.05, 3.63) is 83.3 Å². The molecular weight excluding hydrogens is 441 g/mol. The van der Waals surface area contributed by atoms with Crippen LogP contribution in [0, 0.1) is 17.5 Å². The van der Waals surface area contributed by atoms with Gasteiger partial charge in [-0.15, -0.1) is 10.2 Å². The minimum absolute atomic E-state index is 0.0133. The third kappa shape index (κ3) is 3.99. The van der Waals surface area contributed by atoms with E-state index >= 15 is 0 Å². The van der Waals surface area contributed by atoms with E-state index in [9.17, 15) is 13.2 Å². The van der Waals surface area contributed by atoms with E-state index in [2.05, 4.69) is 10.2 Å². The van der Waals surface area contributed by atoms with Crippen molar-refractivity contribution < 1.29 is 22.6 Å². The lowest BCUT2D eigenvalue weighted by molar-refractivity contribution is 0.394. The lowest BCUT2D eigenvalue weighted by atomic mass is 9.91. The fourth-order valence-corrected chi connectivity index (χ4v) is 3.66. The van der Waals surface area contributed by atoms with E-state index < -0.39 is 17.5 Å². The van der Waals surface area contributed by atoms with E-state index in [1.807, 2.05) is 0 Å². The first kappa shape index (κ1) is 21.6. The summed E-state index contributed by atoms with van der Waals surface area (Å²) in [6, 6.07) is 14.0. The van der Waals surface area contributed by atoms with E-state index in [1.54, 1.807) is 24.3 Å². The SMILES string of the molecule is COc1cc(OC)cc(-c2c(-c3ccccc3F)nnc(Cl)c2-c2ccc(F)cc2F)c1. The summed E-state index contributed by atoms with van der Waals surface area (Å²) in [6.07, 6.45) is 0. The average molecular weight is 457 g/mol. The number of hydrogen-bond acceptors (Lipinski definition) is 4. The Morgan fingerprint density at radius 3 is 2.03 bits per heavy atom. The molecule has 0 amide bonds. The first-order chi connectivity index (χ1) is 15.4.